The summed E-state index contributed by atoms with van der Waals surface area (Å²) >= 11 is 7.60. The fourth-order valence-corrected chi connectivity index (χ4v) is 6.01. The Kier molecular flexibility index (Phi) is 4.61. The van der Waals surface area contributed by atoms with Gasteiger partial charge in [-0.15, -0.1) is 11.3 Å². The Balaban J connectivity index is 1.86. The molecule has 0 aliphatic carbocycles. The molecule has 4 heteroatoms. The maximum absolute atomic E-state index is 5.85. The van der Waals surface area contributed by atoms with Crippen LogP contribution in [-0.4, -0.2) is 9.97 Å². The van der Waals surface area contributed by atoms with E-state index in [4.69, 9.17) is 17.2 Å². The largest absolute Gasteiger partial charge is 0.345 e. The van der Waals surface area contributed by atoms with Gasteiger partial charge in [-0.05, 0) is 58.0 Å². The minimum atomic E-state index is 0.0278. The van der Waals surface area contributed by atoms with E-state index >= 15 is 0 Å². The molecule has 0 fully saturated rings. The molecule has 0 radical (unpaired) electrons. The molecule has 0 atom stereocenters. The third-order valence-corrected chi connectivity index (χ3v) is 7.41. The average Bonchev–Trinajstić information content (AvgIpc) is 3.11. The summed E-state index contributed by atoms with van der Waals surface area (Å²) in [5.74, 6) is 0. The molecule has 1 N–H and O–H groups in total. The molecule has 0 bridgehead atoms. The first-order valence-corrected chi connectivity index (χ1v) is 11.6. The van der Waals surface area contributed by atoms with Crippen LogP contribution in [0.1, 0.15) is 38.8 Å². The summed E-state index contributed by atoms with van der Waals surface area (Å²) in [5, 5.41) is 3.63. The first kappa shape index (κ1) is 20.1. The highest BCUT2D eigenvalue weighted by Crippen LogP contribution is 2.41. The van der Waals surface area contributed by atoms with E-state index in [1.54, 1.807) is 17.7 Å². The number of aromatic nitrogens is 2. The van der Waals surface area contributed by atoms with Gasteiger partial charge in [0.25, 0.3) is 0 Å². The number of nitrogens with zero attached hydrogens (tertiary/aromatic N) is 1. The molecule has 0 aliphatic heterocycles. The Bertz CT molecular complexity index is 1560. The molecular formula is C27H24N2S2. The highest BCUT2D eigenvalue weighted by atomic mass is 32.1. The van der Waals surface area contributed by atoms with Crippen molar-refractivity contribution in [2.45, 2.75) is 33.1 Å². The van der Waals surface area contributed by atoms with Crippen molar-refractivity contribution < 1.29 is 0 Å². The summed E-state index contributed by atoms with van der Waals surface area (Å²) in [6.07, 6.45) is 1.79. The molecule has 0 saturated heterocycles. The monoisotopic (exact) mass is 440 g/mol. The summed E-state index contributed by atoms with van der Waals surface area (Å²) in [7, 11) is 0. The summed E-state index contributed by atoms with van der Waals surface area (Å²) in [4.78, 5) is 8.17. The van der Waals surface area contributed by atoms with Gasteiger partial charge in [-0.25, -0.2) is 4.98 Å². The van der Waals surface area contributed by atoms with Crippen molar-refractivity contribution >= 4 is 60.2 Å². The van der Waals surface area contributed by atoms with Crippen molar-refractivity contribution in [2.75, 3.05) is 0 Å². The van der Waals surface area contributed by atoms with E-state index in [1.807, 2.05) is 6.92 Å². The number of hydrogen-bond acceptors (Lipinski definition) is 3. The van der Waals surface area contributed by atoms with Crippen molar-refractivity contribution in [3.63, 3.8) is 0 Å². The van der Waals surface area contributed by atoms with Crippen LogP contribution < -0.4 is 0 Å². The van der Waals surface area contributed by atoms with Gasteiger partial charge in [0.05, 0.1) is 26.7 Å². The molecule has 5 aromatic rings. The van der Waals surface area contributed by atoms with Crippen LogP contribution in [0, 0.1) is 4.51 Å². The molecule has 2 nitrogen and oxygen atoms in total. The van der Waals surface area contributed by atoms with Crippen LogP contribution in [0.4, 0.5) is 0 Å². The summed E-state index contributed by atoms with van der Waals surface area (Å²) in [6.45, 7) is 12.9. The number of H-pyrrole nitrogens is 1. The predicted octanol–water partition coefficient (Wildman–Crippen LogP) is 8.66. The van der Waals surface area contributed by atoms with Gasteiger partial charge in [0, 0.05) is 15.6 Å². The maximum atomic E-state index is 5.85. The maximum Gasteiger partial charge on any atom is 0.0931 e. The zero-order valence-electron chi connectivity index (χ0n) is 18.2. The molecule has 3 aromatic carbocycles. The Hall–Kier alpha value is -2.82. The van der Waals surface area contributed by atoms with E-state index in [9.17, 15) is 0 Å². The van der Waals surface area contributed by atoms with Gasteiger partial charge in [-0.1, -0.05) is 69.9 Å². The van der Waals surface area contributed by atoms with E-state index in [0.29, 0.717) is 0 Å². The van der Waals surface area contributed by atoms with Crippen LogP contribution in [0.5, 0.6) is 0 Å². The average molecular weight is 441 g/mol. The van der Waals surface area contributed by atoms with Crippen LogP contribution >= 0.6 is 23.6 Å². The quantitative estimate of drug-likeness (QED) is 0.278. The molecule has 31 heavy (non-hydrogen) atoms. The minimum absolute atomic E-state index is 0.0278. The number of benzene rings is 3. The van der Waals surface area contributed by atoms with Gasteiger partial charge < -0.3 is 4.98 Å². The number of aromatic amines is 1. The highest BCUT2D eigenvalue weighted by molar-refractivity contribution is 7.71. The van der Waals surface area contributed by atoms with Crippen LogP contribution in [-0.2, 0) is 5.41 Å². The van der Waals surface area contributed by atoms with E-state index in [1.165, 1.54) is 21.0 Å². The molecule has 154 valence electrons. The van der Waals surface area contributed by atoms with Crippen molar-refractivity contribution in [3.05, 3.63) is 77.1 Å². The standard InChI is InChI=1S/C27H24N2S2/c1-15(2)18-10-11-21-22(25(18)30)24-26(31-21)23(28-14-29-24)17-12-16-8-6-7-9-19(16)20(13-17)27(3,4)5/h6-14H,1H2,2-5H3,(H,28,29). The highest BCUT2D eigenvalue weighted by Gasteiger charge is 2.20. The zero-order chi connectivity index (χ0) is 21.9. The Morgan fingerprint density at radius 3 is 2.61 bits per heavy atom. The lowest BCUT2D eigenvalue weighted by Crippen LogP contribution is -2.12. The number of rotatable bonds is 2. The van der Waals surface area contributed by atoms with Gasteiger partial charge in [-0.2, -0.15) is 0 Å². The molecule has 0 amide bonds. The Morgan fingerprint density at radius 2 is 1.87 bits per heavy atom. The smallest absolute Gasteiger partial charge is 0.0931 e. The van der Waals surface area contributed by atoms with Gasteiger partial charge in [0.15, 0.2) is 0 Å². The zero-order valence-corrected chi connectivity index (χ0v) is 19.8. The van der Waals surface area contributed by atoms with Crippen molar-refractivity contribution in [1.82, 2.24) is 9.97 Å². The fraction of sp³-hybridized carbons (Fsp3) is 0.185. The van der Waals surface area contributed by atoms with Crippen molar-refractivity contribution in [2.24, 2.45) is 0 Å². The Labute approximate surface area is 191 Å². The van der Waals surface area contributed by atoms with Crippen molar-refractivity contribution in [1.29, 1.82) is 0 Å². The molecule has 5 rings (SSSR count). The van der Waals surface area contributed by atoms with Gasteiger partial charge in [-0.3, -0.25) is 0 Å². The molecule has 0 saturated carbocycles. The lowest BCUT2D eigenvalue weighted by Gasteiger charge is -2.22. The van der Waals surface area contributed by atoms with Crippen LogP contribution in [0.25, 0.3) is 47.9 Å². The first-order chi connectivity index (χ1) is 14.8. The third kappa shape index (κ3) is 3.22. The molecule has 0 aliphatic rings. The van der Waals surface area contributed by atoms with Crippen LogP contribution in [0.2, 0.25) is 0 Å². The molecular weight excluding hydrogens is 416 g/mol. The SMILES string of the molecule is C=C(C)c1ccc2sc3c(-c4cc(C(C)(C)C)c5ccccc5c4)nc[nH]c3c2c1=S. The number of allylic oxidation sites excluding steroid dienone is 1. The summed E-state index contributed by atoms with van der Waals surface area (Å²) in [5.41, 5.74) is 6.58. The second kappa shape index (κ2) is 7.11. The molecule has 0 spiro atoms. The van der Waals surface area contributed by atoms with E-state index < -0.39 is 0 Å². The minimum Gasteiger partial charge on any atom is -0.345 e. The number of fused-ring (bicyclic) bond motifs is 4. The van der Waals surface area contributed by atoms with E-state index in [2.05, 4.69) is 80.9 Å². The second-order valence-electron chi connectivity index (χ2n) is 9.15. The lowest BCUT2D eigenvalue weighted by molar-refractivity contribution is 0.596. The first-order valence-electron chi connectivity index (χ1n) is 10.4. The number of nitrogens with one attached hydrogen (secondary N) is 1. The number of hydrogen-bond donors (Lipinski definition) is 1. The number of thiophene rings is 1. The van der Waals surface area contributed by atoms with Gasteiger partial charge in [0.2, 0.25) is 0 Å². The topological polar surface area (TPSA) is 28.7 Å². The van der Waals surface area contributed by atoms with E-state index in [-0.39, 0.29) is 5.41 Å². The predicted molar refractivity (Wildman–Crippen MR) is 139 cm³/mol. The van der Waals surface area contributed by atoms with Crippen molar-refractivity contribution in [3.8, 4) is 11.3 Å². The van der Waals surface area contributed by atoms with Gasteiger partial charge in [0.1, 0.15) is 0 Å². The molecule has 0 unspecified atom stereocenters. The third-order valence-electron chi connectivity index (χ3n) is 5.83. The molecule has 2 heterocycles. The van der Waals surface area contributed by atoms with E-state index in [0.717, 1.165) is 42.5 Å². The summed E-state index contributed by atoms with van der Waals surface area (Å²) < 4.78 is 3.17. The van der Waals surface area contributed by atoms with Crippen LogP contribution in [0.3, 0.4) is 0 Å². The Morgan fingerprint density at radius 1 is 1.10 bits per heavy atom. The summed E-state index contributed by atoms with van der Waals surface area (Å²) in [6, 6.07) is 17.4. The van der Waals surface area contributed by atoms with Gasteiger partial charge >= 0.3 is 0 Å². The second-order valence-corrected chi connectivity index (χ2v) is 10.6. The van der Waals surface area contributed by atoms with Crippen LogP contribution in [0.15, 0.2) is 61.4 Å². The normalized spacial score (nSPS) is 12.1. The lowest BCUT2D eigenvalue weighted by atomic mass is 9.82. The fourth-order valence-electron chi connectivity index (χ4n) is 4.29. The molecule has 2 aromatic heterocycles.